The van der Waals surface area contributed by atoms with Crippen molar-refractivity contribution in [1.82, 2.24) is 4.57 Å². The molecule has 1 aliphatic rings. The summed E-state index contributed by atoms with van der Waals surface area (Å²) in [6, 6.07) is 3.52. The van der Waals surface area contributed by atoms with Crippen LogP contribution in [0.4, 0.5) is 0 Å². The Morgan fingerprint density at radius 1 is 1.15 bits per heavy atom. The first-order valence-electron chi connectivity index (χ1n) is 8.95. The van der Waals surface area contributed by atoms with Gasteiger partial charge in [-0.15, -0.1) is 0 Å². The molecule has 4 nitrogen and oxygen atoms in total. The van der Waals surface area contributed by atoms with Crippen LogP contribution in [0.3, 0.4) is 0 Å². The highest BCUT2D eigenvalue weighted by atomic mass is 35.5. The number of fused-ring (bicyclic) bond motifs is 3. The van der Waals surface area contributed by atoms with E-state index in [0.29, 0.717) is 29.4 Å². The van der Waals surface area contributed by atoms with Crippen molar-refractivity contribution in [2.24, 2.45) is 5.41 Å². The number of carboxylic acid groups (broad SMARTS) is 1. The van der Waals surface area contributed by atoms with E-state index >= 15 is 0 Å². The number of carbonyl (C=O) groups excluding carboxylic acids is 1. The lowest BCUT2D eigenvalue weighted by atomic mass is 9.75. The lowest BCUT2D eigenvalue weighted by Crippen LogP contribution is -2.28. The van der Waals surface area contributed by atoms with Crippen molar-refractivity contribution in [3.63, 3.8) is 0 Å². The first kappa shape index (κ1) is 19.2. The van der Waals surface area contributed by atoms with Crippen LogP contribution in [0, 0.1) is 5.41 Å². The van der Waals surface area contributed by atoms with Crippen molar-refractivity contribution >= 4 is 45.9 Å². The summed E-state index contributed by atoms with van der Waals surface area (Å²) in [6.07, 6.45) is 3.78. The molecule has 0 amide bonds. The smallest absolute Gasteiger partial charge is 0.303 e. The second-order valence-electron chi connectivity index (χ2n) is 7.87. The van der Waals surface area contributed by atoms with Crippen molar-refractivity contribution in [3.8, 4) is 0 Å². The Balaban J connectivity index is 2.03. The van der Waals surface area contributed by atoms with Crippen LogP contribution in [0.1, 0.15) is 62.0 Å². The summed E-state index contributed by atoms with van der Waals surface area (Å²) < 4.78 is 2.14. The summed E-state index contributed by atoms with van der Waals surface area (Å²) in [5.74, 6) is -0.647. The number of aryl methyl sites for hydroxylation is 1. The molecule has 0 spiro atoms. The van der Waals surface area contributed by atoms with Gasteiger partial charge in [-0.1, -0.05) is 43.5 Å². The van der Waals surface area contributed by atoms with Crippen LogP contribution in [-0.4, -0.2) is 21.4 Å². The summed E-state index contributed by atoms with van der Waals surface area (Å²) in [6.45, 7) is 4.91. The average Bonchev–Trinajstić information content (AvgIpc) is 2.85. The second-order valence-corrected chi connectivity index (χ2v) is 8.69. The Morgan fingerprint density at radius 2 is 1.85 bits per heavy atom. The molecule has 140 valence electrons. The van der Waals surface area contributed by atoms with Crippen LogP contribution in [0.5, 0.6) is 0 Å². The summed E-state index contributed by atoms with van der Waals surface area (Å²) >= 11 is 12.9. The summed E-state index contributed by atoms with van der Waals surface area (Å²) in [7, 11) is 0. The molecular formula is C20H23Cl2NO3. The first-order valence-corrected chi connectivity index (χ1v) is 9.71. The molecular weight excluding hydrogens is 373 g/mol. The highest BCUT2D eigenvalue weighted by molar-refractivity contribution is 6.41. The summed E-state index contributed by atoms with van der Waals surface area (Å²) in [4.78, 5) is 23.5. The third-order valence-corrected chi connectivity index (χ3v) is 5.67. The number of rotatable bonds is 6. The average molecular weight is 396 g/mol. The van der Waals surface area contributed by atoms with Gasteiger partial charge in [0.1, 0.15) is 0 Å². The fourth-order valence-electron chi connectivity index (χ4n) is 3.95. The van der Waals surface area contributed by atoms with Crippen molar-refractivity contribution in [1.29, 1.82) is 0 Å². The number of benzene rings is 1. The molecule has 1 N–H and O–H groups in total. The van der Waals surface area contributed by atoms with Gasteiger partial charge in [0.25, 0.3) is 0 Å². The number of halogens is 2. The van der Waals surface area contributed by atoms with Crippen LogP contribution in [0.15, 0.2) is 12.1 Å². The molecule has 0 aliphatic heterocycles. The number of carboxylic acids is 1. The van der Waals surface area contributed by atoms with E-state index in [1.165, 1.54) is 0 Å². The maximum atomic E-state index is 12.9. The van der Waals surface area contributed by atoms with Crippen molar-refractivity contribution in [3.05, 3.63) is 33.4 Å². The minimum Gasteiger partial charge on any atom is -0.481 e. The highest BCUT2D eigenvalue weighted by Gasteiger charge is 2.36. The van der Waals surface area contributed by atoms with Crippen molar-refractivity contribution in [2.75, 3.05) is 0 Å². The zero-order chi connectivity index (χ0) is 19.1. The Labute approximate surface area is 163 Å². The van der Waals surface area contributed by atoms with Gasteiger partial charge in [-0.05, 0) is 36.8 Å². The Bertz CT molecular complexity index is 883. The predicted molar refractivity (Wildman–Crippen MR) is 104 cm³/mol. The molecule has 0 atom stereocenters. The number of hydrogen-bond donors (Lipinski definition) is 1. The normalized spacial score (nSPS) is 16.1. The number of hydrogen-bond acceptors (Lipinski definition) is 2. The quantitative estimate of drug-likeness (QED) is 0.633. The maximum Gasteiger partial charge on any atom is 0.303 e. The fourth-order valence-corrected chi connectivity index (χ4v) is 4.46. The Morgan fingerprint density at radius 3 is 2.54 bits per heavy atom. The number of Topliss-reactive ketones (excluding diaryl/α,β-unsaturated/α-hetero) is 1. The molecule has 0 bridgehead atoms. The molecule has 0 fully saturated rings. The van der Waals surface area contributed by atoms with Crippen LogP contribution >= 0.6 is 23.2 Å². The molecule has 0 saturated heterocycles. The van der Waals surface area contributed by atoms with E-state index in [1.807, 2.05) is 0 Å². The third-order valence-electron chi connectivity index (χ3n) is 5.05. The fraction of sp³-hybridized carbons (Fsp3) is 0.500. The van der Waals surface area contributed by atoms with Gasteiger partial charge in [0.05, 0.1) is 15.6 Å². The van der Waals surface area contributed by atoms with Gasteiger partial charge in [0.15, 0.2) is 5.78 Å². The molecule has 1 aliphatic carbocycles. The van der Waals surface area contributed by atoms with E-state index in [2.05, 4.69) is 18.4 Å². The van der Waals surface area contributed by atoms with E-state index < -0.39 is 5.97 Å². The maximum absolute atomic E-state index is 12.9. The first-order chi connectivity index (χ1) is 12.2. The summed E-state index contributed by atoms with van der Waals surface area (Å²) in [5.41, 5.74) is 2.46. The Kier molecular flexibility index (Phi) is 5.36. The SMILES string of the molecule is CC1(C)CC(=O)c2c(n(CCCCCC(=O)O)c3c(Cl)ccc(Cl)c23)C1. The largest absolute Gasteiger partial charge is 0.481 e. The molecule has 26 heavy (non-hydrogen) atoms. The minimum absolute atomic E-state index is 0.0987. The number of aliphatic carboxylic acids is 1. The van der Waals surface area contributed by atoms with Crippen LogP contribution in [-0.2, 0) is 17.8 Å². The van der Waals surface area contributed by atoms with E-state index in [0.717, 1.165) is 41.4 Å². The lowest BCUT2D eigenvalue weighted by molar-refractivity contribution is -0.137. The van der Waals surface area contributed by atoms with E-state index in [-0.39, 0.29) is 17.6 Å². The van der Waals surface area contributed by atoms with Crippen molar-refractivity contribution in [2.45, 2.75) is 58.9 Å². The van der Waals surface area contributed by atoms with Crippen LogP contribution < -0.4 is 0 Å². The van der Waals surface area contributed by atoms with E-state index in [4.69, 9.17) is 28.3 Å². The van der Waals surface area contributed by atoms with Crippen molar-refractivity contribution < 1.29 is 14.7 Å². The second kappa shape index (κ2) is 7.24. The number of unbranched alkanes of at least 4 members (excludes halogenated alkanes) is 2. The predicted octanol–water partition coefficient (Wildman–Crippen LogP) is 5.75. The standard InChI is InChI=1S/C20H23Cl2NO3/c1-20(2)10-14-18(15(24)11-20)17-12(21)7-8-13(22)19(17)23(14)9-5-3-4-6-16(25)26/h7-8H,3-6,9-11H2,1-2H3,(H,25,26). The van der Waals surface area contributed by atoms with Gasteiger partial charge in [0, 0.05) is 36.0 Å². The molecule has 1 heterocycles. The summed E-state index contributed by atoms with van der Waals surface area (Å²) in [5, 5.41) is 10.7. The van der Waals surface area contributed by atoms with Crippen LogP contribution in [0.25, 0.3) is 10.9 Å². The van der Waals surface area contributed by atoms with Crippen LogP contribution in [0.2, 0.25) is 10.0 Å². The number of aromatic nitrogens is 1. The third kappa shape index (κ3) is 3.63. The number of ketones is 1. The molecule has 2 aromatic rings. The molecule has 0 radical (unpaired) electrons. The molecule has 0 saturated carbocycles. The number of carbonyl (C=O) groups is 2. The van der Waals surface area contributed by atoms with E-state index in [9.17, 15) is 9.59 Å². The van der Waals surface area contributed by atoms with Gasteiger partial charge >= 0.3 is 5.97 Å². The molecule has 1 aromatic heterocycles. The zero-order valence-electron chi connectivity index (χ0n) is 15.1. The van der Waals surface area contributed by atoms with Gasteiger partial charge in [0.2, 0.25) is 0 Å². The lowest BCUT2D eigenvalue weighted by Gasteiger charge is -2.30. The van der Waals surface area contributed by atoms with Gasteiger partial charge in [-0.3, -0.25) is 9.59 Å². The van der Waals surface area contributed by atoms with Gasteiger partial charge < -0.3 is 9.67 Å². The number of nitrogens with zero attached hydrogens (tertiary/aromatic N) is 1. The topological polar surface area (TPSA) is 59.3 Å². The van der Waals surface area contributed by atoms with Gasteiger partial charge in [-0.25, -0.2) is 0 Å². The molecule has 3 rings (SSSR count). The Hall–Kier alpha value is -1.52. The van der Waals surface area contributed by atoms with E-state index in [1.54, 1.807) is 12.1 Å². The molecule has 0 unspecified atom stereocenters. The minimum atomic E-state index is -0.768. The molecule has 6 heteroatoms. The molecule has 1 aromatic carbocycles. The highest BCUT2D eigenvalue weighted by Crippen LogP contribution is 2.44. The van der Waals surface area contributed by atoms with Gasteiger partial charge in [-0.2, -0.15) is 0 Å². The zero-order valence-corrected chi connectivity index (χ0v) is 16.6. The monoisotopic (exact) mass is 395 g/mol.